The van der Waals surface area contributed by atoms with Crippen molar-refractivity contribution in [3.8, 4) is 0 Å². The molecule has 0 aliphatic heterocycles. The van der Waals surface area contributed by atoms with E-state index in [2.05, 4.69) is 13.2 Å². The van der Waals surface area contributed by atoms with Gasteiger partial charge in [-0.1, -0.05) is 0 Å². The molecule has 14 heavy (non-hydrogen) atoms. The van der Waals surface area contributed by atoms with Crippen LogP contribution in [0.15, 0.2) is 0 Å². The minimum atomic E-state index is -0.258. The Bertz CT molecular complexity index is 142. The molecule has 0 aromatic heterocycles. The maximum Gasteiger partial charge on any atom is 0.306 e. The second-order valence-corrected chi connectivity index (χ2v) is 4.18. The first-order chi connectivity index (χ1) is 6.81. The standard InChI is InChI=1S/C9H16O3S2/c1-3-9(10)12-8-14-7-5-11-4-6-13-2/h1-8H2. The second-order valence-electron chi connectivity index (χ2n) is 2.31. The van der Waals surface area contributed by atoms with Gasteiger partial charge in [0.1, 0.15) is 5.94 Å². The molecule has 0 saturated carbocycles. The van der Waals surface area contributed by atoms with Gasteiger partial charge in [0.15, 0.2) is 0 Å². The molecule has 0 amide bonds. The number of hydrogen-bond donors (Lipinski definition) is 0. The van der Waals surface area contributed by atoms with Crippen LogP contribution in [0.25, 0.3) is 0 Å². The summed E-state index contributed by atoms with van der Waals surface area (Å²) in [4.78, 5) is 10.6. The minimum Gasteiger partial charge on any atom is -0.455 e. The summed E-state index contributed by atoms with van der Waals surface area (Å²) in [5.74, 6) is 1.89. The van der Waals surface area contributed by atoms with Crippen LogP contribution in [0.2, 0.25) is 0 Å². The van der Waals surface area contributed by atoms with Crippen molar-refractivity contribution in [2.45, 2.75) is 6.42 Å². The molecule has 82 valence electrons. The number of ether oxygens (including phenoxy) is 2. The molecular formula is C9H16O3S2. The number of esters is 1. The van der Waals surface area contributed by atoms with E-state index in [-0.39, 0.29) is 12.4 Å². The highest BCUT2D eigenvalue weighted by molar-refractivity contribution is 8.00. The summed E-state index contributed by atoms with van der Waals surface area (Å²) in [6.07, 6.45) is 3.82. The Hall–Kier alpha value is 0.130. The second kappa shape index (κ2) is 11.2. The highest BCUT2D eigenvalue weighted by Gasteiger charge is 1.97. The topological polar surface area (TPSA) is 35.5 Å². The van der Waals surface area contributed by atoms with Gasteiger partial charge in [-0.15, -0.1) is 11.8 Å². The lowest BCUT2D eigenvalue weighted by Crippen LogP contribution is -2.05. The van der Waals surface area contributed by atoms with Gasteiger partial charge in [0, 0.05) is 24.2 Å². The smallest absolute Gasteiger partial charge is 0.306 e. The summed E-state index contributed by atoms with van der Waals surface area (Å²) in [6.45, 7) is 4.83. The highest BCUT2D eigenvalue weighted by Crippen LogP contribution is 2.01. The van der Waals surface area contributed by atoms with Crippen molar-refractivity contribution in [2.24, 2.45) is 0 Å². The molecule has 2 radical (unpaired) electrons. The Balaban J connectivity index is 2.95. The number of rotatable bonds is 9. The molecule has 5 heteroatoms. The lowest BCUT2D eigenvalue weighted by molar-refractivity contribution is -0.140. The van der Waals surface area contributed by atoms with Crippen molar-refractivity contribution in [3.63, 3.8) is 0 Å². The molecule has 0 N–H and O–H groups in total. The number of carbonyl (C=O) groups is 1. The van der Waals surface area contributed by atoms with Gasteiger partial charge in [0.05, 0.1) is 13.2 Å². The molecular weight excluding hydrogens is 220 g/mol. The van der Waals surface area contributed by atoms with Crippen molar-refractivity contribution in [1.29, 1.82) is 0 Å². The molecule has 0 fully saturated rings. The Morgan fingerprint density at radius 2 is 2.00 bits per heavy atom. The molecule has 0 rings (SSSR count). The highest BCUT2D eigenvalue weighted by atomic mass is 32.2. The van der Waals surface area contributed by atoms with Gasteiger partial charge in [-0.25, -0.2) is 0 Å². The van der Waals surface area contributed by atoms with Crippen LogP contribution in [0.1, 0.15) is 6.42 Å². The Labute approximate surface area is 94.3 Å². The van der Waals surface area contributed by atoms with Crippen LogP contribution in [-0.4, -0.2) is 36.6 Å². The van der Waals surface area contributed by atoms with E-state index in [1.165, 1.54) is 23.5 Å². The van der Waals surface area contributed by atoms with Crippen molar-refractivity contribution in [1.82, 2.24) is 0 Å². The van der Waals surface area contributed by atoms with Gasteiger partial charge in [-0.3, -0.25) is 4.79 Å². The van der Waals surface area contributed by atoms with E-state index in [1.54, 1.807) is 0 Å². The van der Waals surface area contributed by atoms with Crippen LogP contribution in [0.5, 0.6) is 0 Å². The first-order valence-corrected chi connectivity index (χ1v) is 6.59. The number of carbonyl (C=O) groups excluding carboxylic acids is 1. The van der Waals surface area contributed by atoms with Crippen molar-refractivity contribution < 1.29 is 14.3 Å². The number of hydrogen-bond acceptors (Lipinski definition) is 5. The fraction of sp³-hybridized carbons (Fsp3) is 0.667. The molecule has 0 aromatic rings. The van der Waals surface area contributed by atoms with Gasteiger partial charge in [0.2, 0.25) is 0 Å². The predicted molar refractivity (Wildman–Crippen MR) is 62.0 cm³/mol. The van der Waals surface area contributed by atoms with Crippen LogP contribution in [0.3, 0.4) is 0 Å². The molecule has 0 aromatic carbocycles. The van der Waals surface area contributed by atoms with E-state index in [9.17, 15) is 4.79 Å². The lowest BCUT2D eigenvalue weighted by atomic mass is 10.5. The van der Waals surface area contributed by atoms with Gasteiger partial charge >= 0.3 is 5.97 Å². The minimum absolute atomic E-state index is 0.192. The predicted octanol–water partition coefficient (Wildman–Crippen LogP) is 1.99. The average Bonchev–Trinajstić information content (AvgIpc) is 2.21. The van der Waals surface area contributed by atoms with Gasteiger partial charge in [-0.05, 0) is 6.92 Å². The van der Waals surface area contributed by atoms with Crippen LogP contribution in [-0.2, 0) is 14.3 Å². The zero-order chi connectivity index (χ0) is 10.6. The van der Waals surface area contributed by atoms with Gasteiger partial charge in [-0.2, -0.15) is 11.8 Å². The Morgan fingerprint density at radius 3 is 2.64 bits per heavy atom. The summed E-state index contributed by atoms with van der Waals surface area (Å²) in [7, 11) is 0. The fourth-order valence-corrected chi connectivity index (χ4v) is 1.38. The first kappa shape index (κ1) is 14.1. The average molecular weight is 236 g/mol. The van der Waals surface area contributed by atoms with Crippen molar-refractivity contribution in [2.75, 3.05) is 30.7 Å². The van der Waals surface area contributed by atoms with E-state index >= 15 is 0 Å². The SMILES string of the molecule is [CH2]CC(=O)OCSCCOCCS[CH2]. The summed E-state index contributed by atoms with van der Waals surface area (Å²) >= 11 is 3.06. The van der Waals surface area contributed by atoms with E-state index in [4.69, 9.17) is 9.47 Å². The first-order valence-electron chi connectivity index (χ1n) is 4.28. The van der Waals surface area contributed by atoms with Crippen molar-refractivity contribution >= 4 is 29.5 Å². The molecule has 0 aliphatic rings. The van der Waals surface area contributed by atoms with Crippen LogP contribution < -0.4 is 0 Å². The summed E-state index contributed by atoms with van der Waals surface area (Å²) in [5.41, 5.74) is 0. The van der Waals surface area contributed by atoms with Crippen molar-refractivity contribution in [3.05, 3.63) is 13.2 Å². The maximum absolute atomic E-state index is 10.6. The summed E-state index contributed by atoms with van der Waals surface area (Å²) in [5, 5.41) is 0. The van der Waals surface area contributed by atoms with Gasteiger partial charge < -0.3 is 9.47 Å². The molecule has 0 heterocycles. The molecule has 0 atom stereocenters. The van der Waals surface area contributed by atoms with Crippen LogP contribution >= 0.6 is 23.5 Å². The largest absolute Gasteiger partial charge is 0.455 e. The Morgan fingerprint density at radius 1 is 1.29 bits per heavy atom. The molecule has 3 nitrogen and oxygen atoms in total. The third-order valence-electron chi connectivity index (χ3n) is 1.25. The Kier molecular flexibility index (Phi) is 11.3. The third kappa shape index (κ3) is 10.2. The normalized spacial score (nSPS) is 10.1. The number of thioether (sulfide) groups is 2. The molecule has 0 unspecified atom stereocenters. The van der Waals surface area contributed by atoms with E-state index in [1.807, 2.05) is 0 Å². The quantitative estimate of drug-likeness (QED) is 0.347. The monoisotopic (exact) mass is 236 g/mol. The zero-order valence-electron chi connectivity index (χ0n) is 8.20. The summed E-state index contributed by atoms with van der Waals surface area (Å²) in [6, 6.07) is 0. The fourth-order valence-electron chi connectivity index (χ4n) is 0.576. The molecule has 0 saturated heterocycles. The third-order valence-corrected chi connectivity index (χ3v) is 2.45. The summed E-state index contributed by atoms with van der Waals surface area (Å²) < 4.78 is 10.1. The lowest BCUT2D eigenvalue weighted by Gasteiger charge is -2.03. The molecule has 0 bridgehead atoms. The molecule has 0 aliphatic carbocycles. The maximum atomic E-state index is 10.6. The van der Waals surface area contributed by atoms with Crippen LogP contribution in [0, 0.1) is 13.2 Å². The van der Waals surface area contributed by atoms with Crippen LogP contribution in [0.4, 0.5) is 0 Å². The van der Waals surface area contributed by atoms with E-state index in [0.29, 0.717) is 12.5 Å². The zero-order valence-corrected chi connectivity index (χ0v) is 9.83. The van der Waals surface area contributed by atoms with E-state index < -0.39 is 0 Å². The van der Waals surface area contributed by atoms with Gasteiger partial charge in [0.25, 0.3) is 0 Å². The van der Waals surface area contributed by atoms with E-state index in [0.717, 1.165) is 18.1 Å². The molecule has 0 spiro atoms.